The Morgan fingerprint density at radius 2 is 1.92 bits per heavy atom. The number of carboxylic acids is 1. The first kappa shape index (κ1) is 18.1. The van der Waals surface area contributed by atoms with Crippen molar-refractivity contribution in [1.82, 2.24) is 19.7 Å². The van der Waals surface area contributed by atoms with Crippen LogP contribution in [0.3, 0.4) is 0 Å². The Morgan fingerprint density at radius 1 is 1.23 bits per heavy atom. The van der Waals surface area contributed by atoms with E-state index in [2.05, 4.69) is 10.2 Å². The van der Waals surface area contributed by atoms with E-state index in [-0.39, 0.29) is 31.3 Å². The molecule has 1 aliphatic heterocycles. The number of rotatable bonds is 5. The number of nitrogens with zero attached hydrogens (tertiary/aromatic N) is 4. The number of aryl methyl sites for hydroxylation is 2. The Balaban J connectivity index is 1.80. The van der Waals surface area contributed by atoms with E-state index in [0.29, 0.717) is 11.6 Å². The fourth-order valence-electron chi connectivity index (χ4n) is 3.45. The van der Waals surface area contributed by atoms with Crippen LogP contribution in [0.4, 0.5) is 0 Å². The highest BCUT2D eigenvalue weighted by molar-refractivity contribution is 5.84. The van der Waals surface area contributed by atoms with Gasteiger partial charge in [-0.25, -0.2) is 4.79 Å². The van der Waals surface area contributed by atoms with Crippen LogP contribution < -0.4 is 0 Å². The van der Waals surface area contributed by atoms with E-state index in [9.17, 15) is 14.7 Å². The Labute approximate surface area is 152 Å². The van der Waals surface area contributed by atoms with Gasteiger partial charge in [-0.05, 0) is 31.7 Å². The summed E-state index contributed by atoms with van der Waals surface area (Å²) in [5.41, 5.74) is 2.28. The lowest BCUT2D eigenvalue weighted by atomic mass is 9.91. The smallest absolute Gasteiger partial charge is 0.328 e. The van der Waals surface area contributed by atoms with E-state index >= 15 is 0 Å². The predicted octanol–water partition coefficient (Wildman–Crippen LogP) is 2.27. The van der Waals surface area contributed by atoms with E-state index in [1.54, 1.807) is 11.5 Å². The molecule has 3 rings (SSSR count). The Kier molecular flexibility index (Phi) is 5.06. The van der Waals surface area contributed by atoms with Crippen molar-refractivity contribution in [2.75, 3.05) is 0 Å². The highest BCUT2D eigenvalue weighted by Gasteiger charge is 2.36. The topological polar surface area (TPSA) is 88.3 Å². The molecule has 1 aromatic carbocycles. The molecular weight excluding hydrogens is 332 g/mol. The van der Waals surface area contributed by atoms with Gasteiger partial charge in [0.15, 0.2) is 5.82 Å². The molecule has 2 atom stereocenters. The second kappa shape index (κ2) is 7.27. The Morgan fingerprint density at radius 3 is 2.54 bits per heavy atom. The van der Waals surface area contributed by atoms with E-state index in [1.807, 2.05) is 38.1 Å². The highest BCUT2D eigenvalue weighted by atomic mass is 16.4. The van der Waals surface area contributed by atoms with Crippen LogP contribution in [0.1, 0.15) is 48.5 Å². The predicted molar refractivity (Wildman–Crippen MR) is 95.6 cm³/mol. The van der Waals surface area contributed by atoms with Gasteiger partial charge in [-0.2, -0.15) is 0 Å². The lowest BCUT2D eigenvalue weighted by Gasteiger charge is -2.34. The second-order valence-electron chi connectivity index (χ2n) is 6.87. The summed E-state index contributed by atoms with van der Waals surface area (Å²) >= 11 is 0. The summed E-state index contributed by atoms with van der Waals surface area (Å²) in [5.74, 6) is 0.220. The average molecular weight is 356 g/mol. The van der Waals surface area contributed by atoms with E-state index in [0.717, 1.165) is 12.0 Å². The third-order valence-corrected chi connectivity index (χ3v) is 5.12. The maximum absolute atomic E-state index is 12.9. The van der Waals surface area contributed by atoms with Crippen molar-refractivity contribution in [1.29, 1.82) is 0 Å². The first-order chi connectivity index (χ1) is 12.4. The zero-order valence-electron chi connectivity index (χ0n) is 15.3. The number of fused-ring (bicyclic) bond motifs is 1. The maximum Gasteiger partial charge on any atom is 0.328 e. The highest BCUT2D eigenvalue weighted by Crippen LogP contribution is 2.27. The van der Waals surface area contributed by atoms with Crippen LogP contribution >= 0.6 is 0 Å². The van der Waals surface area contributed by atoms with Crippen molar-refractivity contribution in [2.24, 2.45) is 0 Å². The summed E-state index contributed by atoms with van der Waals surface area (Å²) in [7, 11) is 0. The average Bonchev–Trinajstić information content (AvgIpc) is 2.99. The normalized spacial score (nSPS) is 17.7. The minimum atomic E-state index is -1.000. The first-order valence-corrected chi connectivity index (χ1v) is 8.88. The summed E-state index contributed by atoms with van der Waals surface area (Å²) in [6, 6.07) is 7.27. The van der Waals surface area contributed by atoms with Gasteiger partial charge in [0.2, 0.25) is 5.91 Å². The largest absolute Gasteiger partial charge is 0.480 e. The zero-order valence-corrected chi connectivity index (χ0v) is 15.3. The van der Waals surface area contributed by atoms with Crippen LogP contribution in [-0.4, -0.2) is 42.7 Å². The molecule has 0 spiro atoms. The van der Waals surface area contributed by atoms with Crippen molar-refractivity contribution >= 4 is 11.9 Å². The molecule has 1 amide bonds. The molecule has 2 unspecified atom stereocenters. The fourth-order valence-corrected chi connectivity index (χ4v) is 3.45. The van der Waals surface area contributed by atoms with Crippen molar-refractivity contribution in [3.63, 3.8) is 0 Å². The minimum absolute atomic E-state index is 0.0686. The maximum atomic E-state index is 12.9. The zero-order chi connectivity index (χ0) is 18.8. The molecule has 1 N–H and O–H groups in total. The van der Waals surface area contributed by atoms with Crippen molar-refractivity contribution in [3.8, 4) is 0 Å². The molecule has 2 heterocycles. The number of aliphatic carboxylic acids is 1. The van der Waals surface area contributed by atoms with E-state index in [1.165, 1.54) is 10.5 Å². The molecule has 26 heavy (non-hydrogen) atoms. The SMILES string of the molecule is CCC(CC(=O)N1Cc2nnc(C)n2CC1C(=O)O)c1ccc(C)cc1. The molecule has 7 nitrogen and oxygen atoms in total. The van der Waals surface area contributed by atoms with Gasteiger partial charge in [0, 0.05) is 6.42 Å². The Hall–Kier alpha value is -2.70. The molecule has 0 aliphatic carbocycles. The molecule has 0 saturated heterocycles. The quantitative estimate of drug-likeness (QED) is 0.888. The fraction of sp³-hybridized carbons (Fsp3) is 0.474. The van der Waals surface area contributed by atoms with Crippen LogP contribution in [0, 0.1) is 13.8 Å². The molecule has 0 fully saturated rings. The number of amides is 1. The van der Waals surface area contributed by atoms with Gasteiger partial charge in [0.1, 0.15) is 11.9 Å². The van der Waals surface area contributed by atoms with Gasteiger partial charge in [-0.3, -0.25) is 4.79 Å². The first-order valence-electron chi connectivity index (χ1n) is 8.88. The van der Waals surface area contributed by atoms with Crippen molar-refractivity contribution in [2.45, 2.75) is 58.7 Å². The van der Waals surface area contributed by atoms with Gasteiger partial charge >= 0.3 is 5.97 Å². The third-order valence-electron chi connectivity index (χ3n) is 5.12. The monoisotopic (exact) mass is 356 g/mol. The van der Waals surface area contributed by atoms with Gasteiger partial charge in [0.25, 0.3) is 0 Å². The number of hydrogen-bond acceptors (Lipinski definition) is 4. The lowest BCUT2D eigenvalue weighted by Crippen LogP contribution is -2.51. The van der Waals surface area contributed by atoms with Crippen LogP contribution in [0.5, 0.6) is 0 Å². The van der Waals surface area contributed by atoms with Crippen LogP contribution in [-0.2, 0) is 22.7 Å². The number of carbonyl (C=O) groups is 2. The van der Waals surface area contributed by atoms with Gasteiger partial charge in [-0.1, -0.05) is 36.8 Å². The Bertz CT molecular complexity index is 813. The molecule has 1 aromatic heterocycles. The number of carboxylic acid groups (broad SMARTS) is 1. The summed E-state index contributed by atoms with van der Waals surface area (Å²) < 4.78 is 1.78. The molecule has 1 aliphatic rings. The summed E-state index contributed by atoms with van der Waals surface area (Å²) in [6.45, 7) is 6.23. The molecule has 7 heteroatoms. The molecule has 138 valence electrons. The number of benzene rings is 1. The second-order valence-corrected chi connectivity index (χ2v) is 6.87. The van der Waals surface area contributed by atoms with E-state index in [4.69, 9.17) is 0 Å². The summed E-state index contributed by atoms with van der Waals surface area (Å²) in [5, 5.41) is 17.7. The van der Waals surface area contributed by atoms with Crippen molar-refractivity contribution in [3.05, 3.63) is 47.0 Å². The standard InChI is InChI=1S/C19H24N4O3/c1-4-14(15-7-5-12(2)6-8-15)9-18(24)23-11-17-21-20-13(3)22(17)10-16(23)19(25)26/h5-8,14,16H,4,9-11H2,1-3H3,(H,25,26). The molecular formula is C19H24N4O3. The van der Waals surface area contributed by atoms with Crippen LogP contribution in [0.15, 0.2) is 24.3 Å². The molecule has 0 saturated carbocycles. The van der Waals surface area contributed by atoms with Crippen LogP contribution in [0.25, 0.3) is 0 Å². The van der Waals surface area contributed by atoms with Gasteiger partial charge < -0.3 is 14.6 Å². The van der Waals surface area contributed by atoms with E-state index < -0.39 is 12.0 Å². The summed E-state index contributed by atoms with van der Waals surface area (Å²) in [4.78, 5) is 26.1. The lowest BCUT2D eigenvalue weighted by molar-refractivity contribution is -0.153. The minimum Gasteiger partial charge on any atom is -0.480 e. The third kappa shape index (κ3) is 3.47. The number of aromatic nitrogens is 3. The van der Waals surface area contributed by atoms with Crippen molar-refractivity contribution < 1.29 is 14.7 Å². The van der Waals surface area contributed by atoms with Gasteiger partial charge in [-0.15, -0.1) is 10.2 Å². The molecule has 0 bridgehead atoms. The molecule has 2 aromatic rings. The number of hydrogen-bond donors (Lipinski definition) is 1. The summed E-state index contributed by atoms with van der Waals surface area (Å²) in [6.07, 6.45) is 1.10. The van der Waals surface area contributed by atoms with Crippen LogP contribution in [0.2, 0.25) is 0 Å². The van der Waals surface area contributed by atoms with Gasteiger partial charge in [0.05, 0.1) is 13.1 Å². The molecule has 0 radical (unpaired) electrons. The number of carbonyl (C=O) groups excluding carboxylic acids is 1.